The van der Waals surface area contributed by atoms with Gasteiger partial charge >= 0.3 is 12.0 Å². The third kappa shape index (κ3) is 5.06. The van der Waals surface area contributed by atoms with Gasteiger partial charge in [-0.2, -0.15) is 0 Å². The van der Waals surface area contributed by atoms with Crippen LogP contribution in [0, 0.1) is 10.8 Å². The average molecular weight is 272 g/mol. The summed E-state index contributed by atoms with van der Waals surface area (Å²) in [7, 11) is 1.65. The largest absolute Gasteiger partial charge is 0.481 e. The van der Waals surface area contributed by atoms with Gasteiger partial charge in [0.05, 0.1) is 5.41 Å². The first-order chi connectivity index (χ1) is 8.81. The van der Waals surface area contributed by atoms with Crippen molar-refractivity contribution >= 4 is 12.0 Å². The molecule has 0 radical (unpaired) electrons. The highest BCUT2D eigenvalue weighted by molar-refractivity contribution is 5.80. The Labute approximate surface area is 113 Å². The Bertz CT molecular complexity index is 338. The molecule has 0 aliphatic heterocycles. The molecule has 1 fully saturated rings. The molecule has 0 aromatic heterocycles. The van der Waals surface area contributed by atoms with Crippen LogP contribution in [0.2, 0.25) is 0 Å². The summed E-state index contributed by atoms with van der Waals surface area (Å²) >= 11 is 0. The van der Waals surface area contributed by atoms with Gasteiger partial charge in [0.1, 0.15) is 0 Å². The van der Waals surface area contributed by atoms with Gasteiger partial charge in [0, 0.05) is 26.8 Å². The van der Waals surface area contributed by atoms with Gasteiger partial charge in [0.25, 0.3) is 0 Å². The summed E-state index contributed by atoms with van der Waals surface area (Å²) < 4.78 is 5.02. The molecular formula is C13H24N2O4. The van der Waals surface area contributed by atoms with Crippen LogP contribution in [0.1, 0.15) is 33.1 Å². The van der Waals surface area contributed by atoms with E-state index in [4.69, 9.17) is 9.84 Å². The summed E-state index contributed by atoms with van der Waals surface area (Å²) in [5.74, 6) is -0.826. The van der Waals surface area contributed by atoms with Crippen molar-refractivity contribution in [2.45, 2.75) is 33.1 Å². The van der Waals surface area contributed by atoms with Crippen LogP contribution >= 0.6 is 0 Å². The lowest BCUT2D eigenvalue weighted by Crippen LogP contribution is -2.44. The molecule has 3 N–H and O–H groups in total. The zero-order chi connectivity index (χ0) is 14.5. The monoisotopic (exact) mass is 272 g/mol. The van der Waals surface area contributed by atoms with E-state index in [1.54, 1.807) is 7.11 Å². The summed E-state index contributed by atoms with van der Waals surface area (Å²) in [4.78, 5) is 22.6. The van der Waals surface area contributed by atoms with Crippen LogP contribution in [-0.2, 0) is 9.53 Å². The predicted octanol–water partition coefficient (Wildman–Crippen LogP) is 1.21. The molecule has 1 saturated carbocycles. The van der Waals surface area contributed by atoms with Crippen LogP contribution in [0.3, 0.4) is 0 Å². The van der Waals surface area contributed by atoms with E-state index in [0.29, 0.717) is 26.0 Å². The second-order valence-electron chi connectivity index (χ2n) is 6.03. The molecule has 1 aliphatic rings. The maximum absolute atomic E-state index is 11.6. The number of rotatable bonds is 8. The van der Waals surface area contributed by atoms with E-state index in [1.807, 2.05) is 13.8 Å². The van der Waals surface area contributed by atoms with Gasteiger partial charge in [-0.1, -0.05) is 13.8 Å². The van der Waals surface area contributed by atoms with E-state index >= 15 is 0 Å². The van der Waals surface area contributed by atoms with Crippen molar-refractivity contribution in [3.63, 3.8) is 0 Å². The van der Waals surface area contributed by atoms with Crippen LogP contribution in [0.5, 0.6) is 0 Å². The molecule has 0 aromatic rings. The van der Waals surface area contributed by atoms with Gasteiger partial charge in [0.15, 0.2) is 0 Å². The Kier molecular flexibility index (Phi) is 5.17. The molecule has 19 heavy (non-hydrogen) atoms. The lowest BCUT2D eigenvalue weighted by Gasteiger charge is -2.24. The lowest BCUT2D eigenvalue weighted by atomic mass is 9.90. The van der Waals surface area contributed by atoms with Gasteiger partial charge < -0.3 is 20.5 Å². The first-order valence-electron chi connectivity index (χ1n) is 6.55. The van der Waals surface area contributed by atoms with Crippen LogP contribution in [0.25, 0.3) is 0 Å². The average Bonchev–Trinajstić information content (AvgIpc) is 3.13. The van der Waals surface area contributed by atoms with Crippen molar-refractivity contribution in [2.75, 3.05) is 26.8 Å². The highest BCUT2D eigenvalue weighted by atomic mass is 16.5. The number of hydrogen-bond donors (Lipinski definition) is 3. The van der Waals surface area contributed by atoms with Crippen molar-refractivity contribution in [3.8, 4) is 0 Å². The molecular weight excluding hydrogens is 248 g/mol. The van der Waals surface area contributed by atoms with Crippen molar-refractivity contribution < 1.29 is 19.4 Å². The zero-order valence-electron chi connectivity index (χ0n) is 11.9. The number of carboxylic acids is 1. The topological polar surface area (TPSA) is 87.7 Å². The van der Waals surface area contributed by atoms with E-state index in [1.165, 1.54) is 0 Å². The van der Waals surface area contributed by atoms with E-state index in [9.17, 15) is 9.59 Å². The highest BCUT2D eigenvalue weighted by Crippen LogP contribution is 2.45. The first-order valence-corrected chi connectivity index (χ1v) is 6.55. The van der Waals surface area contributed by atoms with E-state index in [0.717, 1.165) is 6.42 Å². The molecule has 0 spiro atoms. The van der Waals surface area contributed by atoms with Crippen LogP contribution < -0.4 is 10.6 Å². The first kappa shape index (κ1) is 15.8. The molecule has 0 heterocycles. The Hall–Kier alpha value is -1.30. The summed E-state index contributed by atoms with van der Waals surface area (Å²) in [6.45, 7) is 5.48. The molecule has 1 rings (SSSR count). The standard InChI is InChI=1S/C13H24N2O4/c1-12(2,6-7-19-3)8-14-11(18)15-9-13(4-5-13)10(16)17/h4-9H2,1-3H3,(H,16,17)(H2,14,15,18). The molecule has 110 valence electrons. The minimum atomic E-state index is -0.826. The number of methoxy groups -OCH3 is 1. The second kappa shape index (κ2) is 6.23. The van der Waals surface area contributed by atoms with E-state index in [-0.39, 0.29) is 18.0 Å². The normalized spacial score (nSPS) is 16.8. The number of ether oxygens (including phenoxy) is 1. The van der Waals surface area contributed by atoms with Crippen molar-refractivity contribution in [1.82, 2.24) is 10.6 Å². The second-order valence-corrected chi connectivity index (χ2v) is 6.03. The summed E-state index contributed by atoms with van der Waals surface area (Å²) in [6, 6.07) is -0.307. The smallest absolute Gasteiger partial charge is 0.314 e. The molecule has 2 amide bonds. The fourth-order valence-electron chi connectivity index (χ4n) is 1.72. The Morgan fingerprint density at radius 1 is 1.32 bits per heavy atom. The molecule has 6 heteroatoms. The molecule has 0 aromatic carbocycles. The number of carboxylic acid groups (broad SMARTS) is 1. The molecule has 1 aliphatic carbocycles. The third-order valence-electron chi connectivity index (χ3n) is 3.61. The van der Waals surface area contributed by atoms with Crippen molar-refractivity contribution in [1.29, 1.82) is 0 Å². The van der Waals surface area contributed by atoms with Crippen molar-refractivity contribution in [2.24, 2.45) is 10.8 Å². The van der Waals surface area contributed by atoms with Gasteiger partial charge in [0.2, 0.25) is 0 Å². The molecule has 0 saturated heterocycles. The zero-order valence-corrected chi connectivity index (χ0v) is 11.9. The fourth-order valence-corrected chi connectivity index (χ4v) is 1.72. The summed E-state index contributed by atoms with van der Waals surface area (Å²) in [6.07, 6.45) is 2.13. The number of amides is 2. The third-order valence-corrected chi connectivity index (χ3v) is 3.61. The maximum atomic E-state index is 11.6. The van der Waals surface area contributed by atoms with Gasteiger partial charge in [-0.3, -0.25) is 4.79 Å². The predicted molar refractivity (Wildman–Crippen MR) is 71.0 cm³/mol. The molecule has 0 atom stereocenters. The Morgan fingerprint density at radius 3 is 2.42 bits per heavy atom. The van der Waals surface area contributed by atoms with Gasteiger partial charge in [-0.25, -0.2) is 4.79 Å². The van der Waals surface area contributed by atoms with E-state index < -0.39 is 11.4 Å². The summed E-state index contributed by atoms with van der Waals surface area (Å²) in [5, 5.41) is 14.4. The number of aliphatic carboxylic acids is 1. The van der Waals surface area contributed by atoms with Crippen LogP contribution in [0.15, 0.2) is 0 Å². The number of urea groups is 1. The number of carbonyl (C=O) groups excluding carboxylic acids is 1. The van der Waals surface area contributed by atoms with Gasteiger partial charge in [-0.15, -0.1) is 0 Å². The highest BCUT2D eigenvalue weighted by Gasteiger charge is 2.50. The molecule has 6 nitrogen and oxygen atoms in total. The maximum Gasteiger partial charge on any atom is 0.314 e. The van der Waals surface area contributed by atoms with E-state index in [2.05, 4.69) is 10.6 Å². The number of hydrogen-bond acceptors (Lipinski definition) is 3. The Morgan fingerprint density at radius 2 is 1.95 bits per heavy atom. The molecule has 0 unspecified atom stereocenters. The van der Waals surface area contributed by atoms with Crippen LogP contribution in [-0.4, -0.2) is 43.9 Å². The van der Waals surface area contributed by atoms with Gasteiger partial charge in [-0.05, 0) is 24.7 Å². The lowest BCUT2D eigenvalue weighted by molar-refractivity contribution is -0.143. The Balaban J connectivity index is 2.23. The quantitative estimate of drug-likeness (QED) is 0.620. The minimum Gasteiger partial charge on any atom is -0.481 e. The molecule has 0 bridgehead atoms. The minimum absolute atomic E-state index is 0.0442. The number of carbonyl (C=O) groups is 2. The fraction of sp³-hybridized carbons (Fsp3) is 0.846. The number of nitrogens with one attached hydrogen (secondary N) is 2. The summed E-state index contributed by atoms with van der Waals surface area (Å²) in [5.41, 5.74) is -0.764. The van der Waals surface area contributed by atoms with Crippen LogP contribution in [0.4, 0.5) is 4.79 Å². The van der Waals surface area contributed by atoms with Crippen molar-refractivity contribution in [3.05, 3.63) is 0 Å². The SMILES string of the molecule is COCCC(C)(C)CNC(=O)NCC1(C(=O)O)CC1.